The number of carbonyl (C=O) groups excluding carboxylic acids is 1. The summed E-state index contributed by atoms with van der Waals surface area (Å²) in [5.74, 6) is 1.69. The van der Waals surface area contributed by atoms with E-state index in [4.69, 9.17) is 25.8 Å². The van der Waals surface area contributed by atoms with Gasteiger partial charge in [-0.1, -0.05) is 17.7 Å². The number of benzene rings is 2. The van der Waals surface area contributed by atoms with Crippen molar-refractivity contribution in [1.82, 2.24) is 5.32 Å². The van der Waals surface area contributed by atoms with E-state index in [1.165, 1.54) is 0 Å². The molecule has 0 unspecified atom stereocenters. The van der Waals surface area contributed by atoms with E-state index in [0.717, 1.165) is 16.7 Å². The number of nitrogens with one attached hydrogen (secondary N) is 1. The molecule has 2 aromatic rings. The first-order valence-corrected chi connectivity index (χ1v) is 8.19. The largest absolute Gasteiger partial charge is 0.493 e. The Hall–Kier alpha value is -2.40. The Kier molecular flexibility index (Phi) is 6.53. The fourth-order valence-corrected chi connectivity index (χ4v) is 2.49. The summed E-state index contributed by atoms with van der Waals surface area (Å²) >= 11 is 6.12. The lowest BCUT2D eigenvalue weighted by Crippen LogP contribution is -2.28. The molecule has 0 aliphatic rings. The van der Waals surface area contributed by atoms with Crippen LogP contribution in [0.1, 0.15) is 16.7 Å². The first-order chi connectivity index (χ1) is 11.9. The number of hydrogen-bond acceptors (Lipinski definition) is 4. The summed E-state index contributed by atoms with van der Waals surface area (Å²) in [5.41, 5.74) is 2.74. The first kappa shape index (κ1) is 18.9. The molecule has 0 aliphatic carbocycles. The summed E-state index contributed by atoms with van der Waals surface area (Å²) in [5, 5.41) is 3.53. The third kappa shape index (κ3) is 5.03. The fraction of sp³-hybridized carbons (Fsp3) is 0.316. The second kappa shape index (κ2) is 8.62. The number of aryl methyl sites for hydroxylation is 2. The van der Waals surface area contributed by atoms with Crippen molar-refractivity contribution < 1.29 is 19.0 Å². The maximum atomic E-state index is 12.0. The van der Waals surface area contributed by atoms with Crippen molar-refractivity contribution in [2.45, 2.75) is 20.4 Å². The Morgan fingerprint density at radius 3 is 2.28 bits per heavy atom. The smallest absolute Gasteiger partial charge is 0.258 e. The van der Waals surface area contributed by atoms with Gasteiger partial charge in [0.05, 0.1) is 14.2 Å². The van der Waals surface area contributed by atoms with E-state index in [-0.39, 0.29) is 12.5 Å². The molecule has 0 aromatic heterocycles. The van der Waals surface area contributed by atoms with Gasteiger partial charge < -0.3 is 19.5 Å². The minimum absolute atomic E-state index is 0.0617. The maximum absolute atomic E-state index is 12.0. The van der Waals surface area contributed by atoms with E-state index < -0.39 is 0 Å². The average molecular weight is 364 g/mol. The number of methoxy groups -OCH3 is 2. The second-order valence-corrected chi connectivity index (χ2v) is 6.00. The predicted octanol–water partition coefficient (Wildman–Crippen LogP) is 3.67. The number of halogens is 1. The highest BCUT2D eigenvalue weighted by Gasteiger charge is 2.08. The van der Waals surface area contributed by atoms with Crippen LogP contribution in [0.5, 0.6) is 17.2 Å². The van der Waals surface area contributed by atoms with E-state index >= 15 is 0 Å². The Balaban J connectivity index is 1.89. The SMILES string of the molecule is COc1ccc(CNC(=O)COc2cc(C)c(Cl)c(C)c2)cc1OC. The first-order valence-electron chi connectivity index (χ1n) is 7.81. The van der Waals surface area contributed by atoms with Crippen LogP contribution in [-0.2, 0) is 11.3 Å². The van der Waals surface area contributed by atoms with Crippen LogP contribution in [0.2, 0.25) is 5.02 Å². The summed E-state index contributed by atoms with van der Waals surface area (Å²) in [6, 6.07) is 9.13. The minimum atomic E-state index is -0.208. The van der Waals surface area contributed by atoms with Gasteiger partial charge in [-0.05, 0) is 54.8 Å². The minimum Gasteiger partial charge on any atom is -0.493 e. The third-order valence-electron chi connectivity index (χ3n) is 3.72. The van der Waals surface area contributed by atoms with Crippen LogP contribution in [0.3, 0.4) is 0 Å². The van der Waals surface area contributed by atoms with E-state index in [2.05, 4.69) is 5.32 Å². The molecule has 5 nitrogen and oxygen atoms in total. The quantitative estimate of drug-likeness (QED) is 0.815. The molecule has 6 heteroatoms. The Morgan fingerprint density at radius 2 is 1.68 bits per heavy atom. The van der Waals surface area contributed by atoms with Gasteiger partial charge in [-0.2, -0.15) is 0 Å². The molecule has 0 spiro atoms. The second-order valence-electron chi connectivity index (χ2n) is 5.63. The summed E-state index contributed by atoms with van der Waals surface area (Å²) in [7, 11) is 3.15. The maximum Gasteiger partial charge on any atom is 0.258 e. The van der Waals surface area contributed by atoms with Crippen molar-refractivity contribution in [1.29, 1.82) is 0 Å². The summed E-state index contributed by atoms with van der Waals surface area (Å²) in [4.78, 5) is 12.0. The summed E-state index contributed by atoms with van der Waals surface area (Å²) in [6.07, 6.45) is 0. The van der Waals surface area contributed by atoms with Crippen molar-refractivity contribution >= 4 is 17.5 Å². The number of rotatable bonds is 7. The highest BCUT2D eigenvalue weighted by Crippen LogP contribution is 2.27. The highest BCUT2D eigenvalue weighted by atomic mass is 35.5. The molecule has 0 bridgehead atoms. The van der Waals surface area contributed by atoms with Crippen molar-refractivity contribution in [3.63, 3.8) is 0 Å². The highest BCUT2D eigenvalue weighted by molar-refractivity contribution is 6.32. The van der Waals surface area contributed by atoms with E-state index in [9.17, 15) is 4.79 Å². The molecular weight excluding hydrogens is 342 g/mol. The molecule has 2 aromatic carbocycles. The van der Waals surface area contributed by atoms with Gasteiger partial charge in [-0.25, -0.2) is 0 Å². The molecule has 25 heavy (non-hydrogen) atoms. The van der Waals surface area contributed by atoms with Gasteiger partial charge in [0.15, 0.2) is 18.1 Å². The molecule has 1 amide bonds. The van der Waals surface area contributed by atoms with Gasteiger partial charge in [0, 0.05) is 11.6 Å². The monoisotopic (exact) mass is 363 g/mol. The molecule has 0 radical (unpaired) electrons. The number of ether oxygens (including phenoxy) is 3. The van der Waals surface area contributed by atoms with Gasteiger partial charge in [0.1, 0.15) is 5.75 Å². The van der Waals surface area contributed by atoms with Crippen LogP contribution in [0.4, 0.5) is 0 Å². The van der Waals surface area contributed by atoms with Crippen molar-refractivity contribution in [3.8, 4) is 17.2 Å². The Morgan fingerprint density at radius 1 is 1.04 bits per heavy atom. The standard InChI is InChI=1S/C19H22ClNO4/c1-12-7-15(8-13(2)19(12)20)25-11-18(22)21-10-14-5-6-16(23-3)17(9-14)24-4/h5-9H,10-11H2,1-4H3,(H,21,22). The van der Waals surface area contributed by atoms with E-state index in [1.807, 2.05) is 38.1 Å². The molecule has 134 valence electrons. The predicted molar refractivity (Wildman–Crippen MR) is 97.8 cm³/mol. The molecule has 0 fully saturated rings. The summed E-state index contributed by atoms with van der Waals surface area (Å²) < 4.78 is 16.0. The van der Waals surface area contributed by atoms with Crippen molar-refractivity contribution in [3.05, 3.63) is 52.0 Å². The Labute approximate surface area is 152 Å². The van der Waals surface area contributed by atoms with Crippen molar-refractivity contribution in [2.24, 2.45) is 0 Å². The number of hydrogen-bond donors (Lipinski definition) is 1. The van der Waals surface area contributed by atoms with Gasteiger partial charge in [0.25, 0.3) is 5.91 Å². The molecule has 2 rings (SSSR count). The van der Waals surface area contributed by atoms with E-state index in [1.54, 1.807) is 20.3 Å². The van der Waals surface area contributed by atoms with Gasteiger partial charge in [-0.15, -0.1) is 0 Å². The normalized spacial score (nSPS) is 10.3. The Bertz CT molecular complexity index is 738. The van der Waals surface area contributed by atoms with Crippen LogP contribution in [0.15, 0.2) is 30.3 Å². The van der Waals surface area contributed by atoms with Crippen LogP contribution in [0, 0.1) is 13.8 Å². The number of carbonyl (C=O) groups is 1. The zero-order valence-electron chi connectivity index (χ0n) is 14.8. The molecule has 0 atom stereocenters. The van der Waals surface area contributed by atoms with Crippen LogP contribution < -0.4 is 19.5 Å². The molecule has 0 saturated heterocycles. The van der Waals surface area contributed by atoms with Crippen molar-refractivity contribution in [2.75, 3.05) is 20.8 Å². The molecule has 0 heterocycles. The van der Waals surface area contributed by atoms with E-state index in [0.29, 0.717) is 28.8 Å². The lowest BCUT2D eigenvalue weighted by Gasteiger charge is -2.12. The van der Waals surface area contributed by atoms with Crippen LogP contribution >= 0.6 is 11.6 Å². The van der Waals surface area contributed by atoms with Gasteiger partial charge in [-0.3, -0.25) is 4.79 Å². The number of amides is 1. The molecular formula is C19H22ClNO4. The lowest BCUT2D eigenvalue weighted by atomic mass is 10.1. The van der Waals surface area contributed by atoms with Gasteiger partial charge >= 0.3 is 0 Å². The lowest BCUT2D eigenvalue weighted by molar-refractivity contribution is -0.123. The fourth-order valence-electron chi connectivity index (χ4n) is 2.38. The average Bonchev–Trinajstić information content (AvgIpc) is 2.62. The van der Waals surface area contributed by atoms with Crippen LogP contribution in [0.25, 0.3) is 0 Å². The third-order valence-corrected chi connectivity index (χ3v) is 4.31. The molecule has 1 N–H and O–H groups in total. The van der Waals surface area contributed by atoms with Gasteiger partial charge in [0.2, 0.25) is 0 Å². The zero-order valence-corrected chi connectivity index (χ0v) is 15.6. The zero-order chi connectivity index (χ0) is 18.4. The topological polar surface area (TPSA) is 56.8 Å². The molecule has 0 saturated carbocycles. The summed E-state index contributed by atoms with van der Waals surface area (Å²) in [6.45, 7) is 4.12. The van der Waals surface area contributed by atoms with Crippen LogP contribution in [-0.4, -0.2) is 26.7 Å². The molecule has 0 aliphatic heterocycles.